The molecule has 0 fully saturated rings. The summed E-state index contributed by atoms with van der Waals surface area (Å²) in [5.41, 5.74) is 3.85. The van der Waals surface area contributed by atoms with Crippen LogP contribution in [0.2, 0.25) is 0 Å². The van der Waals surface area contributed by atoms with Gasteiger partial charge in [-0.15, -0.1) is 0 Å². The predicted octanol–water partition coefficient (Wildman–Crippen LogP) is 6.31. The van der Waals surface area contributed by atoms with Crippen LogP contribution in [0.4, 0.5) is 4.39 Å². The van der Waals surface area contributed by atoms with Gasteiger partial charge < -0.3 is 4.57 Å². The molecule has 0 spiro atoms. The van der Waals surface area contributed by atoms with Gasteiger partial charge in [0, 0.05) is 35.0 Å². The lowest BCUT2D eigenvalue weighted by Crippen LogP contribution is -2.01. The van der Waals surface area contributed by atoms with Crippen molar-refractivity contribution < 1.29 is 4.39 Å². The Hall–Kier alpha value is -2.92. The molecule has 4 aromatic rings. The molecule has 3 nitrogen and oxygen atoms in total. The number of benzene rings is 2. The van der Waals surface area contributed by atoms with Crippen molar-refractivity contribution in [2.75, 3.05) is 0 Å². The number of imidazole rings is 1. The second-order valence-electron chi connectivity index (χ2n) is 6.40. The van der Waals surface area contributed by atoms with Crippen LogP contribution in [-0.4, -0.2) is 14.5 Å². The van der Waals surface area contributed by atoms with E-state index in [0.29, 0.717) is 0 Å². The van der Waals surface area contributed by atoms with E-state index in [1.54, 1.807) is 36.3 Å². The predicted molar refractivity (Wildman–Crippen MR) is 112 cm³/mol. The van der Waals surface area contributed by atoms with Gasteiger partial charge in [0.1, 0.15) is 5.82 Å². The zero-order valence-corrected chi connectivity index (χ0v) is 16.4. The van der Waals surface area contributed by atoms with Crippen molar-refractivity contribution in [2.45, 2.75) is 29.9 Å². The van der Waals surface area contributed by atoms with Crippen LogP contribution in [0.15, 0.2) is 89.2 Å². The van der Waals surface area contributed by atoms with E-state index in [1.807, 2.05) is 30.3 Å². The SMILES string of the molecule is CCCn1c(Sc2ccccc2)nc(-c2ccc(F)cc2)c1-c1ccncc1. The second kappa shape index (κ2) is 8.40. The van der Waals surface area contributed by atoms with Crippen molar-refractivity contribution in [3.8, 4) is 22.5 Å². The quantitative estimate of drug-likeness (QED) is 0.387. The van der Waals surface area contributed by atoms with Crippen molar-refractivity contribution in [1.29, 1.82) is 0 Å². The van der Waals surface area contributed by atoms with Crippen LogP contribution in [-0.2, 0) is 6.54 Å². The highest BCUT2D eigenvalue weighted by molar-refractivity contribution is 7.99. The summed E-state index contributed by atoms with van der Waals surface area (Å²) < 4.78 is 15.7. The molecule has 2 heterocycles. The van der Waals surface area contributed by atoms with Crippen molar-refractivity contribution in [3.05, 3.63) is 84.9 Å². The van der Waals surface area contributed by atoms with Gasteiger partial charge in [0.05, 0.1) is 11.4 Å². The monoisotopic (exact) mass is 389 g/mol. The Morgan fingerprint density at radius 1 is 0.893 bits per heavy atom. The molecule has 0 saturated heterocycles. The number of pyridine rings is 1. The van der Waals surface area contributed by atoms with Crippen molar-refractivity contribution in [2.24, 2.45) is 0 Å². The summed E-state index contributed by atoms with van der Waals surface area (Å²) in [7, 11) is 0. The highest BCUT2D eigenvalue weighted by atomic mass is 32.2. The van der Waals surface area contributed by atoms with E-state index in [9.17, 15) is 4.39 Å². The summed E-state index contributed by atoms with van der Waals surface area (Å²) in [5, 5.41) is 0.930. The smallest absolute Gasteiger partial charge is 0.173 e. The lowest BCUT2D eigenvalue weighted by atomic mass is 10.1. The molecule has 0 saturated carbocycles. The first-order valence-electron chi connectivity index (χ1n) is 9.26. The number of rotatable bonds is 6. The van der Waals surface area contributed by atoms with Gasteiger partial charge in [-0.25, -0.2) is 9.37 Å². The standard InChI is InChI=1S/C23H20FN3S/c1-2-16-27-22(18-12-14-25-15-13-18)21(17-8-10-19(24)11-9-17)26-23(27)28-20-6-4-3-5-7-20/h3-15H,2,16H2,1H3. The Kier molecular flexibility index (Phi) is 5.53. The number of hydrogen-bond donors (Lipinski definition) is 0. The molecular weight excluding hydrogens is 369 g/mol. The Morgan fingerprint density at radius 3 is 2.29 bits per heavy atom. The molecule has 0 aliphatic rings. The lowest BCUT2D eigenvalue weighted by Gasteiger charge is -2.12. The Bertz CT molecular complexity index is 1040. The minimum absolute atomic E-state index is 0.249. The van der Waals surface area contributed by atoms with Gasteiger partial charge >= 0.3 is 0 Å². The van der Waals surface area contributed by atoms with Crippen molar-refractivity contribution in [1.82, 2.24) is 14.5 Å². The molecule has 0 N–H and O–H groups in total. The van der Waals surface area contributed by atoms with E-state index < -0.39 is 0 Å². The maximum absolute atomic E-state index is 13.5. The third-order valence-corrected chi connectivity index (χ3v) is 5.41. The first kappa shape index (κ1) is 18.4. The van der Waals surface area contributed by atoms with Gasteiger partial charge in [0.25, 0.3) is 0 Å². The van der Waals surface area contributed by atoms with Crippen molar-refractivity contribution >= 4 is 11.8 Å². The van der Waals surface area contributed by atoms with Crippen molar-refractivity contribution in [3.63, 3.8) is 0 Å². The van der Waals surface area contributed by atoms with Gasteiger partial charge in [-0.2, -0.15) is 0 Å². The molecule has 0 aliphatic heterocycles. The lowest BCUT2D eigenvalue weighted by molar-refractivity contribution is 0.626. The molecule has 5 heteroatoms. The van der Waals surface area contributed by atoms with E-state index in [-0.39, 0.29) is 5.82 Å². The maximum atomic E-state index is 13.5. The summed E-state index contributed by atoms with van der Waals surface area (Å²) >= 11 is 1.64. The van der Waals surface area contributed by atoms with E-state index in [2.05, 4.69) is 28.6 Å². The zero-order chi connectivity index (χ0) is 19.3. The fourth-order valence-electron chi connectivity index (χ4n) is 3.15. The van der Waals surface area contributed by atoms with Crippen LogP contribution >= 0.6 is 11.8 Å². The van der Waals surface area contributed by atoms with Gasteiger partial charge in [0.15, 0.2) is 5.16 Å². The second-order valence-corrected chi connectivity index (χ2v) is 7.44. The van der Waals surface area contributed by atoms with Crippen LogP contribution in [0.3, 0.4) is 0 Å². The average molecular weight is 389 g/mol. The first-order chi connectivity index (χ1) is 13.8. The summed E-state index contributed by atoms with van der Waals surface area (Å²) in [6.07, 6.45) is 4.56. The molecular formula is C23H20FN3S. The van der Waals surface area contributed by atoms with Crippen LogP contribution in [0.5, 0.6) is 0 Å². The summed E-state index contributed by atoms with van der Waals surface area (Å²) in [4.78, 5) is 10.3. The average Bonchev–Trinajstić information content (AvgIpc) is 3.08. The van der Waals surface area contributed by atoms with E-state index in [0.717, 1.165) is 45.5 Å². The van der Waals surface area contributed by atoms with Crippen LogP contribution in [0.25, 0.3) is 22.5 Å². The third kappa shape index (κ3) is 3.85. The fourth-order valence-corrected chi connectivity index (χ4v) is 4.08. The Morgan fingerprint density at radius 2 is 1.61 bits per heavy atom. The number of nitrogens with zero attached hydrogens (tertiary/aromatic N) is 3. The molecule has 0 amide bonds. The minimum Gasteiger partial charge on any atom is -0.318 e. The van der Waals surface area contributed by atoms with Gasteiger partial charge in [-0.3, -0.25) is 4.98 Å². The topological polar surface area (TPSA) is 30.7 Å². The minimum atomic E-state index is -0.249. The number of halogens is 1. The van der Waals surface area contributed by atoms with Crippen LogP contribution in [0.1, 0.15) is 13.3 Å². The molecule has 0 atom stereocenters. The maximum Gasteiger partial charge on any atom is 0.173 e. The number of hydrogen-bond acceptors (Lipinski definition) is 3. The molecule has 28 heavy (non-hydrogen) atoms. The molecule has 0 bridgehead atoms. The van der Waals surface area contributed by atoms with E-state index in [1.165, 1.54) is 12.1 Å². The third-order valence-electron chi connectivity index (χ3n) is 4.40. The zero-order valence-electron chi connectivity index (χ0n) is 15.5. The molecule has 2 aromatic carbocycles. The largest absolute Gasteiger partial charge is 0.318 e. The van der Waals surface area contributed by atoms with Gasteiger partial charge in [-0.05, 0) is 55.0 Å². The summed E-state index contributed by atoms with van der Waals surface area (Å²) in [6.45, 7) is 3.01. The van der Waals surface area contributed by atoms with Crippen LogP contribution in [0, 0.1) is 5.82 Å². The normalized spacial score (nSPS) is 10.9. The molecule has 0 aliphatic carbocycles. The molecule has 0 unspecified atom stereocenters. The molecule has 4 rings (SSSR count). The first-order valence-corrected chi connectivity index (χ1v) is 10.1. The van der Waals surface area contributed by atoms with Gasteiger partial charge in [0.2, 0.25) is 0 Å². The van der Waals surface area contributed by atoms with Crippen LogP contribution < -0.4 is 0 Å². The van der Waals surface area contributed by atoms with E-state index >= 15 is 0 Å². The highest BCUT2D eigenvalue weighted by Gasteiger charge is 2.20. The molecule has 140 valence electrons. The number of aromatic nitrogens is 3. The summed E-state index contributed by atoms with van der Waals surface area (Å²) in [6, 6.07) is 20.8. The molecule has 0 radical (unpaired) electrons. The Labute approximate surface area is 168 Å². The highest BCUT2D eigenvalue weighted by Crippen LogP contribution is 2.38. The summed E-state index contributed by atoms with van der Waals surface area (Å²) in [5.74, 6) is -0.249. The van der Waals surface area contributed by atoms with E-state index in [4.69, 9.17) is 4.98 Å². The Balaban J connectivity index is 1.90. The fraction of sp³-hybridized carbons (Fsp3) is 0.130. The molecule has 2 aromatic heterocycles. The van der Waals surface area contributed by atoms with Gasteiger partial charge in [-0.1, -0.05) is 36.9 Å².